The van der Waals surface area contributed by atoms with Gasteiger partial charge in [0.05, 0.1) is 0 Å². The first kappa shape index (κ1) is 13.0. The smallest absolute Gasteiger partial charge is 0.130 e. The van der Waals surface area contributed by atoms with Crippen LogP contribution in [0.1, 0.15) is 18.9 Å². The highest BCUT2D eigenvalue weighted by molar-refractivity contribution is 9.09. The molecule has 0 amide bonds. The van der Waals surface area contributed by atoms with Gasteiger partial charge >= 0.3 is 0 Å². The molecule has 2 atom stereocenters. The Morgan fingerprint density at radius 2 is 2.00 bits per heavy atom. The van der Waals surface area contributed by atoms with Gasteiger partial charge in [-0.1, -0.05) is 28.9 Å². The van der Waals surface area contributed by atoms with Gasteiger partial charge in [-0.25, -0.2) is 8.78 Å². The number of benzene rings is 1. The second kappa shape index (κ2) is 5.44. The molecule has 4 heteroatoms. The van der Waals surface area contributed by atoms with Crippen molar-refractivity contribution in [1.82, 2.24) is 4.90 Å². The summed E-state index contributed by atoms with van der Waals surface area (Å²) in [4.78, 5) is 2.51. The quantitative estimate of drug-likeness (QED) is 0.755. The van der Waals surface area contributed by atoms with Crippen LogP contribution in [0.3, 0.4) is 0 Å². The first-order valence-corrected chi connectivity index (χ1v) is 6.79. The number of rotatable bonds is 2. The summed E-state index contributed by atoms with van der Waals surface area (Å²) >= 11 is 3.62. The molecule has 0 radical (unpaired) electrons. The molecule has 1 aromatic carbocycles. The van der Waals surface area contributed by atoms with Gasteiger partial charge in [0.25, 0.3) is 0 Å². The predicted octanol–water partition coefficient (Wildman–Crippen LogP) is 3.57. The van der Waals surface area contributed by atoms with Gasteiger partial charge in [0, 0.05) is 23.5 Å². The highest BCUT2D eigenvalue weighted by Crippen LogP contribution is 2.25. The standard InChI is InChI=1S/C13H16BrF2N/c1-9-5-6-17(8-11(9)14)7-10-12(15)3-2-4-13(10)16/h2-4,9,11H,5-8H2,1H3. The molecule has 1 nitrogen and oxygen atoms in total. The molecule has 0 saturated carbocycles. The third-order valence-corrected chi connectivity index (χ3v) is 4.59. The van der Waals surface area contributed by atoms with Crippen molar-refractivity contribution in [3.8, 4) is 0 Å². The number of hydrogen-bond acceptors (Lipinski definition) is 1. The fraction of sp³-hybridized carbons (Fsp3) is 0.538. The molecule has 1 fully saturated rings. The fourth-order valence-electron chi connectivity index (χ4n) is 2.14. The summed E-state index contributed by atoms with van der Waals surface area (Å²) in [7, 11) is 0. The number of hydrogen-bond donors (Lipinski definition) is 0. The summed E-state index contributed by atoms with van der Waals surface area (Å²) in [6.07, 6.45) is 1.06. The van der Waals surface area contributed by atoms with E-state index in [0.29, 0.717) is 17.3 Å². The van der Waals surface area contributed by atoms with Crippen molar-refractivity contribution in [3.63, 3.8) is 0 Å². The Bertz CT molecular complexity index is 377. The average Bonchev–Trinajstić information content (AvgIpc) is 2.28. The zero-order chi connectivity index (χ0) is 12.4. The Morgan fingerprint density at radius 3 is 2.59 bits per heavy atom. The van der Waals surface area contributed by atoms with Crippen LogP contribution < -0.4 is 0 Å². The lowest BCUT2D eigenvalue weighted by Gasteiger charge is -2.34. The Balaban J connectivity index is 2.06. The lowest BCUT2D eigenvalue weighted by molar-refractivity contribution is 0.189. The van der Waals surface area contributed by atoms with Gasteiger partial charge in [0.15, 0.2) is 0 Å². The molecule has 0 spiro atoms. The second-order valence-electron chi connectivity index (χ2n) is 4.72. The van der Waals surface area contributed by atoms with Crippen molar-refractivity contribution >= 4 is 15.9 Å². The van der Waals surface area contributed by atoms with Crippen molar-refractivity contribution in [2.24, 2.45) is 5.92 Å². The molecule has 1 saturated heterocycles. The number of piperidine rings is 1. The number of alkyl halides is 1. The van der Waals surface area contributed by atoms with Crippen LogP contribution in [0.2, 0.25) is 0 Å². The average molecular weight is 304 g/mol. The molecular weight excluding hydrogens is 288 g/mol. The van der Waals surface area contributed by atoms with Crippen molar-refractivity contribution < 1.29 is 8.78 Å². The maximum absolute atomic E-state index is 13.5. The third-order valence-electron chi connectivity index (χ3n) is 3.39. The minimum atomic E-state index is -0.449. The third kappa shape index (κ3) is 3.05. The number of likely N-dealkylation sites (tertiary alicyclic amines) is 1. The summed E-state index contributed by atoms with van der Waals surface area (Å²) in [6, 6.07) is 4.03. The van der Waals surface area contributed by atoms with Gasteiger partial charge in [-0.15, -0.1) is 0 Å². The van der Waals surface area contributed by atoms with Crippen molar-refractivity contribution in [2.75, 3.05) is 13.1 Å². The highest BCUT2D eigenvalue weighted by atomic mass is 79.9. The molecule has 0 aliphatic carbocycles. The molecule has 1 aliphatic heterocycles. The van der Waals surface area contributed by atoms with Gasteiger partial charge < -0.3 is 0 Å². The van der Waals surface area contributed by atoms with Gasteiger partial charge in [-0.2, -0.15) is 0 Å². The molecule has 17 heavy (non-hydrogen) atoms. The van der Waals surface area contributed by atoms with E-state index in [9.17, 15) is 8.78 Å². The molecule has 0 bridgehead atoms. The van der Waals surface area contributed by atoms with Crippen LogP contribution >= 0.6 is 15.9 Å². The summed E-state index contributed by atoms with van der Waals surface area (Å²) in [5.41, 5.74) is 0.182. The number of halogens is 3. The maximum Gasteiger partial charge on any atom is 0.130 e. The predicted molar refractivity (Wildman–Crippen MR) is 68.1 cm³/mol. The lowest BCUT2D eigenvalue weighted by atomic mass is 9.98. The van der Waals surface area contributed by atoms with E-state index in [4.69, 9.17) is 0 Å². The first-order valence-electron chi connectivity index (χ1n) is 5.87. The Kier molecular flexibility index (Phi) is 4.15. The normalized spacial score (nSPS) is 26.1. The zero-order valence-corrected chi connectivity index (χ0v) is 11.4. The molecule has 1 heterocycles. The summed E-state index contributed by atoms with van der Waals surface area (Å²) < 4.78 is 27.0. The molecule has 2 unspecified atom stereocenters. The molecule has 2 rings (SSSR count). The van der Waals surface area contributed by atoms with Gasteiger partial charge in [0.2, 0.25) is 0 Å². The fourth-order valence-corrected chi connectivity index (χ4v) is 2.81. The second-order valence-corrected chi connectivity index (χ2v) is 5.89. The summed E-state index contributed by atoms with van der Waals surface area (Å²) in [5.74, 6) is -0.277. The monoisotopic (exact) mass is 303 g/mol. The Hall–Kier alpha value is -0.480. The highest BCUT2D eigenvalue weighted by Gasteiger charge is 2.25. The van der Waals surface area contributed by atoms with Crippen LogP contribution in [0.4, 0.5) is 8.78 Å². The number of nitrogens with zero attached hydrogens (tertiary/aromatic N) is 1. The molecule has 0 aromatic heterocycles. The molecule has 1 aromatic rings. The van der Waals surface area contributed by atoms with Crippen LogP contribution in [0.25, 0.3) is 0 Å². The van der Waals surface area contributed by atoms with Gasteiger partial charge in [0.1, 0.15) is 11.6 Å². The largest absolute Gasteiger partial charge is 0.298 e. The van der Waals surface area contributed by atoms with E-state index in [1.54, 1.807) is 0 Å². The lowest BCUT2D eigenvalue weighted by Crippen LogP contribution is -2.39. The Labute approximate surface area is 109 Å². The summed E-state index contributed by atoms with van der Waals surface area (Å²) in [6.45, 7) is 4.29. The van der Waals surface area contributed by atoms with E-state index >= 15 is 0 Å². The van der Waals surface area contributed by atoms with E-state index < -0.39 is 11.6 Å². The van der Waals surface area contributed by atoms with Crippen molar-refractivity contribution in [1.29, 1.82) is 0 Å². The molecule has 0 N–H and O–H groups in total. The van der Waals surface area contributed by atoms with Crippen molar-refractivity contribution in [2.45, 2.75) is 24.7 Å². The molecule has 1 aliphatic rings. The van der Waals surface area contributed by atoms with Crippen LogP contribution in [0.5, 0.6) is 0 Å². The van der Waals surface area contributed by atoms with Gasteiger partial charge in [-0.3, -0.25) is 4.90 Å². The summed E-state index contributed by atoms with van der Waals surface area (Å²) in [5, 5.41) is 0. The van der Waals surface area contributed by atoms with E-state index in [1.807, 2.05) is 0 Å². The molecular formula is C13H16BrF2N. The topological polar surface area (TPSA) is 3.24 Å². The van der Waals surface area contributed by atoms with E-state index in [1.165, 1.54) is 18.2 Å². The van der Waals surface area contributed by atoms with Gasteiger partial charge in [-0.05, 0) is 31.0 Å². The molecule has 94 valence electrons. The van der Waals surface area contributed by atoms with Crippen molar-refractivity contribution in [3.05, 3.63) is 35.4 Å². The van der Waals surface area contributed by atoms with Crippen LogP contribution in [-0.4, -0.2) is 22.8 Å². The minimum absolute atomic E-state index is 0.182. The van der Waals surface area contributed by atoms with Crippen LogP contribution in [0, 0.1) is 17.6 Å². The van der Waals surface area contributed by atoms with E-state index in [2.05, 4.69) is 27.8 Å². The first-order chi connectivity index (χ1) is 8.08. The van der Waals surface area contributed by atoms with E-state index in [-0.39, 0.29) is 5.56 Å². The zero-order valence-electron chi connectivity index (χ0n) is 9.80. The maximum atomic E-state index is 13.5. The SMILES string of the molecule is CC1CCN(Cc2c(F)cccc2F)CC1Br. The van der Waals surface area contributed by atoms with Crippen LogP contribution in [0.15, 0.2) is 18.2 Å². The Morgan fingerprint density at radius 1 is 1.35 bits per heavy atom. The van der Waals surface area contributed by atoms with Crippen LogP contribution in [-0.2, 0) is 6.54 Å². The minimum Gasteiger partial charge on any atom is -0.298 e. The van der Waals surface area contributed by atoms with E-state index in [0.717, 1.165) is 19.5 Å².